The Kier molecular flexibility index (Phi) is 3.57. The molecule has 0 saturated heterocycles. The van der Waals surface area contributed by atoms with Crippen molar-refractivity contribution < 1.29 is 14.6 Å². The van der Waals surface area contributed by atoms with Crippen LogP contribution in [0.15, 0.2) is 31.0 Å². The van der Waals surface area contributed by atoms with E-state index in [9.17, 15) is 4.79 Å². The minimum atomic E-state index is -1.02. The summed E-state index contributed by atoms with van der Waals surface area (Å²) in [6.45, 7) is 3.16. The van der Waals surface area contributed by atoms with Crippen LogP contribution in [0.3, 0.4) is 0 Å². The highest BCUT2D eigenvalue weighted by atomic mass is 16.5. The molecule has 2 heterocycles. The molecule has 0 bridgehead atoms. The second kappa shape index (κ2) is 5.31. The van der Waals surface area contributed by atoms with Gasteiger partial charge in [0.2, 0.25) is 0 Å². The van der Waals surface area contributed by atoms with Gasteiger partial charge in [-0.25, -0.2) is 9.78 Å². The lowest BCUT2D eigenvalue weighted by atomic mass is 10.3. The molecule has 0 amide bonds. The summed E-state index contributed by atoms with van der Waals surface area (Å²) in [5.74, 6) is -0.592. The average Bonchev–Trinajstić information content (AvgIpc) is 2.84. The van der Waals surface area contributed by atoms with Gasteiger partial charge in [-0.1, -0.05) is 0 Å². The summed E-state index contributed by atoms with van der Waals surface area (Å²) in [6.07, 6.45) is 6.22. The van der Waals surface area contributed by atoms with Crippen LogP contribution < -0.4 is 4.74 Å². The van der Waals surface area contributed by atoms with Crippen LogP contribution >= 0.6 is 0 Å². The van der Waals surface area contributed by atoms with Crippen molar-refractivity contribution in [3.8, 4) is 5.75 Å². The topological polar surface area (TPSA) is 77.2 Å². The summed E-state index contributed by atoms with van der Waals surface area (Å²) in [7, 11) is 0. The van der Waals surface area contributed by atoms with E-state index in [1.807, 2.05) is 11.5 Å². The Morgan fingerprint density at radius 2 is 2.22 bits per heavy atom. The molecule has 0 aromatic carbocycles. The summed E-state index contributed by atoms with van der Waals surface area (Å²) < 4.78 is 7.45. The van der Waals surface area contributed by atoms with Crippen LogP contribution in [0.1, 0.15) is 23.0 Å². The summed E-state index contributed by atoms with van der Waals surface area (Å²) in [6, 6.07) is 1.45. The molecular weight excluding hydrogens is 234 g/mol. The molecule has 0 aliphatic carbocycles. The van der Waals surface area contributed by atoms with Gasteiger partial charge in [-0.05, 0) is 13.0 Å². The molecule has 6 heteroatoms. The van der Waals surface area contributed by atoms with Crippen LogP contribution in [-0.2, 0) is 13.2 Å². The lowest BCUT2D eigenvalue weighted by molar-refractivity contribution is 0.0696. The molecule has 0 fully saturated rings. The van der Waals surface area contributed by atoms with Gasteiger partial charge in [-0.2, -0.15) is 0 Å². The Labute approximate surface area is 104 Å². The van der Waals surface area contributed by atoms with Gasteiger partial charge in [0.05, 0.1) is 30.0 Å². The first-order valence-electron chi connectivity index (χ1n) is 5.51. The molecule has 1 N–H and O–H groups in total. The number of pyridine rings is 1. The van der Waals surface area contributed by atoms with Gasteiger partial charge in [-0.3, -0.25) is 4.98 Å². The molecule has 0 aliphatic heterocycles. The highest BCUT2D eigenvalue weighted by Gasteiger charge is 2.06. The number of rotatable bonds is 5. The number of hydrogen-bond acceptors (Lipinski definition) is 4. The van der Waals surface area contributed by atoms with Crippen molar-refractivity contribution in [2.45, 2.75) is 20.1 Å². The molecule has 2 rings (SSSR count). The monoisotopic (exact) mass is 247 g/mol. The second-order valence-corrected chi connectivity index (χ2v) is 3.67. The van der Waals surface area contributed by atoms with Crippen LogP contribution in [0.4, 0.5) is 0 Å². The van der Waals surface area contributed by atoms with E-state index >= 15 is 0 Å². The summed E-state index contributed by atoms with van der Waals surface area (Å²) in [5.41, 5.74) is 1.04. The van der Waals surface area contributed by atoms with E-state index in [4.69, 9.17) is 9.84 Å². The quantitative estimate of drug-likeness (QED) is 0.867. The summed E-state index contributed by atoms with van der Waals surface area (Å²) in [5, 5.41) is 8.83. The van der Waals surface area contributed by atoms with Gasteiger partial charge in [0, 0.05) is 12.7 Å². The maximum absolute atomic E-state index is 10.8. The van der Waals surface area contributed by atoms with Crippen molar-refractivity contribution >= 4 is 5.97 Å². The number of ether oxygens (including phenoxy) is 1. The van der Waals surface area contributed by atoms with Crippen LogP contribution in [0, 0.1) is 0 Å². The fourth-order valence-electron chi connectivity index (χ4n) is 1.53. The van der Waals surface area contributed by atoms with E-state index < -0.39 is 5.97 Å². The normalized spacial score (nSPS) is 10.3. The Balaban J connectivity index is 2.06. The minimum absolute atomic E-state index is 0.108. The number of aromatic carboxylic acids is 1. The zero-order chi connectivity index (χ0) is 13.0. The van der Waals surface area contributed by atoms with Gasteiger partial charge >= 0.3 is 5.97 Å². The number of aromatic nitrogens is 3. The van der Waals surface area contributed by atoms with E-state index in [1.54, 1.807) is 12.5 Å². The largest absolute Gasteiger partial charge is 0.486 e. The number of hydrogen-bond donors (Lipinski definition) is 1. The maximum atomic E-state index is 10.8. The van der Waals surface area contributed by atoms with Crippen molar-refractivity contribution in [1.82, 2.24) is 14.5 Å². The molecule has 0 saturated carbocycles. The van der Waals surface area contributed by atoms with Crippen LogP contribution in [0.25, 0.3) is 0 Å². The number of imidazole rings is 1. The Hall–Kier alpha value is -2.37. The third-order valence-electron chi connectivity index (χ3n) is 2.49. The summed E-state index contributed by atoms with van der Waals surface area (Å²) in [4.78, 5) is 18.6. The number of carbonyl (C=O) groups is 1. The van der Waals surface area contributed by atoms with Crippen molar-refractivity contribution in [2.75, 3.05) is 0 Å². The average molecular weight is 247 g/mol. The van der Waals surface area contributed by atoms with Crippen LogP contribution in [0.2, 0.25) is 0 Å². The number of carboxylic acids is 1. The number of carboxylic acid groups (broad SMARTS) is 1. The van der Waals surface area contributed by atoms with Gasteiger partial charge in [0.25, 0.3) is 0 Å². The van der Waals surface area contributed by atoms with Crippen molar-refractivity contribution in [3.05, 3.63) is 42.2 Å². The third-order valence-corrected chi connectivity index (χ3v) is 2.49. The fraction of sp³-hybridized carbons (Fsp3) is 0.250. The van der Waals surface area contributed by atoms with Crippen molar-refractivity contribution in [2.24, 2.45) is 0 Å². The highest BCUT2D eigenvalue weighted by molar-refractivity contribution is 5.87. The van der Waals surface area contributed by atoms with Crippen molar-refractivity contribution in [1.29, 1.82) is 0 Å². The molecule has 0 spiro atoms. The van der Waals surface area contributed by atoms with E-state index in [0.717, 1.165) is 12.2 Å². The van der Waals surface area contributed by atoms with Gasteiger partial charge < -0.3 is 14.4 Å². The minimum Gasteiger partial charge on any atom is -0.486 e. The molecule has 2 aromatic rings. The van der Waals surface area contributed by atoms with Crippen LogP contribution in [0.5, 0.6) is 5.75 Å². The number of aryl methyl sites for hydroxylation is 1. The SMILES string of the molecule is CCn1cncc1COc1cncc(C(=O)O)c1. The third kappa shape index (κ3) is 2.65. The zero-order valence-corrected chi connectivity index (χ0v) is 9.91. The second-order valence-electron chi connectivity index (χ2n) is 3.67. The fourth-order valence-corrected chi connectivity index (χ4v) is 1.53. The smallest absolute Gasteiger partial charge is 0.337 e. The van der Waals surface area contributed by atoms with Crippen molar-refractivity contribution in [3.63, 3.8) is 0 Å². The Morgan fingerprint density at radius 3 is 2.94 bits per heavy atom. The molecule has 18 heavy (non-hydrogen) atoms. The van der Waals surface area contributed by atoms with E-state index in [0.29, 0.717) is 12.4 Å². The molecule has 0 atom stereocenters. The molecule has 0 aliphatic rings. The first kappa shape index (κ1) is 12.1. The zero-order valence-electron chi connectivity index (χ0n) is 9.91. The van der Waals surface area contributed by atoms with E-state index in [1.165, 1.54) is 18.5 Å². The Morgan fingerprint density at radius 1 is 1.39 bits per heavy atom. The molecule has 94 valence electrons. The van der Waals surface area contributed by atoms with E-state index in [2.05, 4.69) is 9.97 Å². The lowest BCUT2D eigenvalue weighted by Crippen LogP contribution is -2.04. The van der Waals surface area contributed by atoms with Crippen LogP contribution in [-0.4, -0.2) is 25.6 Å². The van der Waals surface area contributed by atoms with E-state index in [-0.39, 0.29) is 5.56 Å². The van der Waals surface area contributed by atoms with Gasteiger partial charge in [0.15, 0.2) is 0 Å². The summed E-state index contributed by atoms with van der Waals surface area (Å²) >= 11 is 0. The predicted molar refractivity (Wildman–Crippen MR) is 63.4 cm³/mol. The first-order valence-corrected chi connectivity index (χ1v) is 5.51. The predicted octanol–water partition coefficient (Wildman–Crippen LogP) is 1.58. The maximum Gasteiger partial charge on any atom is 0.337 e. The molecule has 0 unspecified atom stereocenters. The molecule has 0 radical (unpaired) electrons. The Bertz CT molecular complexity index is 551. The first-order chi connectivity index (χ1) is 8.70. The highest BCUT2D eigenvalue weighted by Crippen LogP contribution is 2.13. The molecular formula is C12H13N3O3. The molecule has 2 aromatic heterocycles. The number of nitrogens with zero attached hydrogens (tertiary/aromatic N) is 3. The lowest BCUT2D eigenvalue weighted by Gasteiger charge is -2.08. The molecule has 6 nitrogen and oxygen atoms in total. The van der Waals surface area contributed by atoms with Gasteiger partial charge in [-0.15, -0.1) is 0 Å². The standard InChI is InChI=1S/C12H13N3O3/c1-2-15-8-14-5-10(15)7-18-11-3-9(12(16)17)4-13-6-11/h3-6,8H,2,7H2,1H3,(H,16,17). The van der Waals surface area contributed by atoms with Gasteiger partial charge in [0.1, 0.15) is 12.4 Å².